The Morgan fingerprint density at radius 1 is 0.455 bits per heavy atom. The second kappa shape index (κ2) is 24.7. The molecule has 0 atom stereocenters. The maximum Gasteiger partial charge on any atom is 4.00 e. The summed E-state index contributed by atoms with van der Waals surface area (Å²) >= 11 is -4.59. The van der Waals surface area contributed by atoms with E-state index in [1.165, 1.54) is 0 Å². The zero-order valence-electron chi connectivity index (χ0n) is 24.5. The van der Waals surface area contributed by atoms with E-state index in [-0.39, 0.29) is 42.4 Å². The molecule has 0 radical (unpaired) electrons. The van der Waals surface area contributed by atoms with E-state index in [2.05, 4.69) is 0 Å². The van der Waals surface area contributed by atoms with Gasteiger partial charge in [0.05, 0.1) is 0 Å². The van der Waals surface area contributed by atoms with Gasteiger partial charge >= 0.3 is 124 Å². The monoisotopic (exact) mass is 552 g/mol. The topological polar surface area (TPSA) is 128 Å². The van der Waals surface area contributed by atoms with Gasteiger partial charge < -0.3 is 20.4 Å². The third-order valence-corrected chi connectivity index (χ3v) is 12.4. The molecule has 0 saturated heterocycles. The molecule has 0 aliphatic heterocycles. The van der Waals surface area contributed by atoms with Crippen LogP contribution in [-0.2, 0) is 47.7 Å². The maximum atomic E-state index is 13.4. The van der Waals surface area contributed by atoms with Gasteiger partial charge in [-0.25, -0.2) is 0 Å². The van der Waals surface area contributed by atoms with Crippen LogP contribution in [-0.4, -0.2) is 36.6 Å². The zero-order valence-corrected chi connectivity index (χ0v) is 27.6. The molecule has 0 spiro atoms. The van der Waals surface area contributed by atoms with Gasteiger partial charge in [-0.05, 0) is 0 Å². The van der Waals surface area contributed by atoms with Crippen molar-refractivity contribution in [3.05, 3.63) is 0 Å². The van der Waals surface area contributed by atoms with Gasteiger partial charge in [-0.1, -0.05) is 55.4 Å². The van der Waals surface area contributed by atoms with E-state index in [0.29, 0.717) is 0 Å². The van der Waals surface area contributed by atoms with Crippen molar-refractivity contribution in [2.75, 3.05) is 0 Å². The Morgan fingerprint density at radius 2 is 0.576 bits per heavy atom. The summed E-state index contributed by atoms with van der Waals surface area (Å²) in [4.78, 5) is 0. The molecule has 0 aromatic heterocycles. The molecule has 0 aromatic rings. The van der Waals surface area contributed by atoms with E-state index in [1.54, 1.807) is 55.4 Å². The van der Waals surface area contributed by atoms with Gasteiger partial charge in [0.15, 0.2) is 0 Å². The molecule has 33 heavy (non-hydrogen) atoms. The van der Waals surface area contributed by atoms with Crippen LogP contribution in [0.3, 0.4) is 0 Å². The van der Waals surface area contributed by atoms with Crippen molar-refractivity contribution < 1.29 is 68.2 Å². The van der Waals surface area contributed by atoms with Gasteiger partial charge in [0.25, 0.3) is 0 Å². The average Bonchev–Trinajstić information content (AvgIpc) is 2.42. The van der Waals surface area contributed by atoms with Gasteiger partial charge in [-0.15, -0.1) is 24.4 Å². The summed E-state index contributed by atoms with van der Waals surface area (Å²) in [5.74, 6) is 0. The first-order chi connectivity index (χ1) is 14.0. The standard InChI is InChI=1S/6C3H7O.2C3H7.O.2Ti/c6*1-3(2)4;2*1-3-2;;;/h6*3H,1-2H3;2*3H,1-2H3;;;/q6*-1;;;;+2;+4. The normalized spacial score (nSPS) is 11.4. The predicted molar refractivity (Wildman–Crippen MR) is 124 cm³/mol. The second-order valence-corrected chi connectivity index (χ2v) is 17.8. The predicted octanol–water partition coefficient (Wildman–Crippen LogP) is 3.38. The molecule has 0 saturated carbocycles. The zero-order chi connectivity index (χ0) is 27.5. The molecule has 0 bridgehead atoms. The number of hydrogen-bond donors (Lipinski definition) is 0. The molecule has 202 valence electrons. The van der Waals surface area contributed by atoms with E-state index in [4.69, 9.17) is 6.64 Å². The molecule has 7 nitrogen and oxygen atoms in total. The van der Waals surface area contributed by atoms with Crippen molar-refractivity contribution in [2.45, 2.75) is 156 Å². The van der Waals surface area contributed by atoms with E-state index in [9.17, 15) is 23.8 Å². The molecule has 0 aromatic carbocycles. The fourth-order valence-electron chi connectivity index (χ4n) is 2.17. The van der Waals surface area contributed by atoms with Crippen molar-refractivity contribution in [3.63, 3.8) is 0 Å². The van der Waals surface area contributed by atoms with Crippen LogP contribution in [0, 0.1) is 0 Å². The fourth-order valence-corrected chi connectivity index (χ4v) is 8.94. The van der Waals surface area contributed by atoms with Gasteiger partial charge in [0, 0.05) is 0 Å². The van der Waals surface area contributed by atoms with E-state index < -0.39 is 40.5 Å². The quantitative estimate of drug-likeness (QED) is 0.462. The van der Waals surface area contributed by atoms with Gasteiger partial charge in [0.1, 0.15) is 0 Å². The van der Waals surface area contributed by atoms with Crippen molar-refractivity contribution in [3.8, 4) is 0 Å². The van der Waals surface area contributed by atoms with Crippen LogP contribution in [0.25, 0.3) is 0 Å². The number of rotatable bonds is 6. The number of hydrogen-bond acceptors (Lipinski definition) is 7. The Morgan fingerprint density at radius 3 is 0.636 bits per heavy atom. The Labute approximate surface area is 223 Å². The smallest absolute Gasteiger partial charge is 4.00 e. The average molecular weight is 552 g/mol. The van der Waals surface area contributed by atoms with Gasteiger partial charge in [0.2, 0.25) is 0 Å². The van der Waals surface area contributed by atoms with Crippen LogP contribution in [0.2, 0.25) is 8.45 Å². The minimum atomic E-state index is -4.59. The molecule has 0 fully saturated rings. The SMILES string of the molecule is CC(C)[O-].CC(C)[O-].CC(C)[O-].CC(C)[O-].CC(C)[O][Ti](=[O])([O]C(C)C)([CH](C)C)[CH](C)C.[Ti+4]. The minimum absolute atomic E-state index is 0. The molecular formula is C24H56O7Ti2. The molecule has 0 rings (SSSR count). The molecule has 0 unspecified atom stereocenters. The summed E-state index contributed by atoms with van der Waals surface area (Å²) in [5.41, 5.74) is 0. The van der Waals surface area contributed by atoms with Crippen molar-refractivity contribution in [1.29, 1.82) is 0 Å². The summed E-state index contributed by atoms with van der Waals surface area (Å²) in [6.07, 6.45) is -1.81. The van der Waals surface area contributed by atoms with E-state index in [0.717, 1.165) is 0 Å². The van der Waals surface area contributed by atoms with Crippen LogP contribution < -0.4 is 20.4 Å². The molecular weight excluding hydrogens is 496 g/mol. The molecule has 0 aliphatic rings. The van der Waals surface area contributed by atoms with Crippen molar-refractivity contribution in [2.24, 2.45) is 0 Å². The van der Waals surface area contributed by atoms with E-state index in [1.807, 2.05) is 55.4 Å². The van der Waals surface area contributed by atoms with Crippen LogP contribution in [0.15, 0.2) is 0 Å². The van der Waals surface area contributed by atoms with E-state index >= 15 is 0 Å². The van der Waals surface area contributed by atoms with Crippen LogP contribution in [0.5, 0.6) is 0 Å². The molecule has 0 N–H and O–H groups in total. The molecule has 0 aliphatic carbocycles. The van der Waals surface area contributed by atoms with Gasteiger partial charge in [-0.3, -0.25) is 0 Å². The Kier molecular flexibility index (Phi) is 35.3. The van der Waals surface area contributed by atoms with Crippen LogP contribution in [0.4, 0.5) is 0 Å². The Bertz CT molecular complexity index is 385. The third-order valence-electron chi connectivity index (χ3n) is 3.02. The Balaban J connectivity index is -0.0000000875. The maximum absolute atomic E-state index is 13.4. The minimum Gasteiger partial charge on any atom is 4.00 e. The van der Waals surface area contributed by atoms with Crippen molar-refractivity contribution >= 4 is 0 Å². The summed E-state index contributed by atoms with van der Waals surface area (Å²) in [6.45, 7) is 28.3. The summed E-state index contributed by atoms with van der Waals surface area (Å²) < 4.78 is 25.1. The Hall–Kier alpha value is 0.989. The molecule has 0 heterocycles. The first kappa shape index (κ1) is 47.2. The fraction of sp³-hybridized carbons (Fsp3) is 1.00. The largest absolute Gasteiger partial charge is 4.00 e. The summed E-state index contributed by atoms with van der Waals surface area (Å²) in [5, 5.41) is 38.1. The van der Waals surface area contributed by atoms with Crippen LogP contribution in [0.1, 0.15) is 111 Å². The summed E-state index contributed by atoms with van der Waals surface area (Å²) in [7, 11) is 0. The first-order valence-electron chi connectivity index (χ1n) is 11.8. The van der Waals surface area contributed by atoms with Crippen LogP contribution >= 0.6 is 0 Å². The van der Waals surface area contributed by atoms with Gasteiger partial charge in [-0.2, -0.15) is 0 Å². The first-order valence-corrected chi connectivity index (χ1v) is 15.6. The summed E-state index contributed by atoms with van der Waals surface area (Å²) in [6, 6.07) is 0. The molecule has 0 amide bonds. The molecule has 9 heteroatoms. The second-order valence-electron chi connectivity index (χ2n) is 9.96. The third kappa shape index (κ3) is 37.7. The van der Waals surface area contributed by atoms with Crippen molar-refractivity contribution in [1.82, 2.24) is 0 Å².